The van der Waals surface area contributed by atoms with Crippen molar-refractivity contribution in [2.24, 2.45) is 0 Å². The zero-order valence-corrected chi connectivity index (χ0v) is 9.60. The average Bonchev–Trinajstić information content (AvgIpc) is 2.92. The first-order valence-electron chi connectivity index (χ1n) is 5.43. The molecule has 0 amide bonds. The van der Waals surface area contributed by atoms with Crippen LogP contribution < -0.4 is 0 Å². The number of aryl methyl sites for hydroxylation is 1. The standard InChI is InChI=1S/C13H10N2O3/c1-7-5-6-18-11(7)12-14-9-4-2-3-8(13(16)17)10(9)15-12/h2-6H,1H3,(H,14,15)(H,16,17). The summed E-state index contributed by atoms with van der Waals surface area (Å²) >= 11 is 0. The number of aromatic carboxylic acids is 1. The first-order chi connectivity index (χ1) is 8.66. The molecule has 5 nitrogen and oxygen atoms in total. The van der Waals surface area contributed by atoms with E-state index in [4.69, 9.17) is 9.52 Å². The minimum atomic E-state index is -0.991. The number of imidazole rings is 1. The Bertz CT molecular complexity index is 740. The van der Waals surface area contributed by atoms with Crippen molar-refractivity contribution in [2.45, 2.75) is 6.92 Å². The van der Waals surface area contributed by atoms with Crippen LogP contribution >= 0.6 is 0 Å². The maximum atomic E-state index is 11.1. The number of furan rings is 1. The van der Waals surface area contributed by atoms with E-state index < -0.39 is 5.97 Å². The van der Waals surface area contributed by atoms with E-state index in [1.165, 1.54) is 6.07 Å². The molecule has 0 unspecified atom stereocenters. The van der Waals surface area contributed by atoms with Gasteiger partial charge in [0.05, 0.1) is 17.3 Å². The van der Waals surface area contributed by atoms with Gasteiger partial charge < -0.3 is 14.5 Å². The molecule has 3 rings (SSSR count). The monoisotopic (exact) mass is 242 g/mol. The summed E-state index contributed by atoms with van der Waals surface area (Å²) in [6, 6.07) is 6.84. The lowest BCUT2D eigenvalue weighted by molar-refractivity contribution is 0.0699. The maximum absolute atomic E-state index is 11.1. The Hall–Kier alpha value is -2.56. The summed E-state index contributed by atoms with van der Waals surface area (Å²) in [6.07, 6.45) is 1.58. The predicted molar refractivity (Wildman–Crippen MR) is 65.5 cm³/mol. The third kappa shape index (κ3) is 1.48. The van der Waals surface area contributed by atoms with E-state index in [1.54, 1.807) is 18.4 Å². The minimum absolute atomic E-state index is 0.180. The van der Waals surface area contributed by atoms with Crippen LogP contribution in [0.1, 0.15) is 15.9 Å². The van der Waals surface area contributed by atoms with Crippen molar-refractivity contribution in [3.8, 4) is 11.6 Å². The number of para-hydroxylation sites is 1. The van der Waals surface area contributed by atoms with Crippen molar-refractivity contribution >= 4 is 17.0 Å². The van der Waals surface area contributed by atoms with E-state index in [0.29, 0.717) is 22.6 Å². The summed E-state index contributed by atoms with van der Waals surface area (Å²) in [5, 5.41) is 9.10. The molecule has 2 heterocycles. The molecule has 3 aromatic rings. The topological polar surface area (TPSA) is 79.1 Å². The van der Waals surface area contributed by atoms with Gasteiger partial charge in [0.2, 0.25) is 0 Å². The molecule has 0 fully saturated rings. The molecule has 0 aliphatic heterocycles. The van der Waals surface area contributed by atoms with Gasteiger partial charge in [-0.2, -0.15) is 0 Å². The van der Waals surface area contributed by atoms with Crippen LogP contribution in [0.4, 0.5) is 0 Å². The van der Waals surface area contributed by atoms with Crippen LogP contribution in [0.3, 0.4) is 0 Å². The number of carboxylic acid groups (broad SMARTS) is 1. The van der Waals surface area contributed by atoms with Crippen molar-refractivity contribution in [1.29, 1.82) is 0 Å². The number of nitrogens with one attached hydrogen (secondary N) is 1. The van der Waals surface area contributed by atoms with Crippen LogP contribution in [0.5, 0.6) is 0 Å². The third-order valence-electron chi connectivity index (χ3n) is 2.82. The first-order valence-corrected chi connectivity index (χ1v) is 5.43. The molecular weight excluding hydrogens is 232 g/mol. The summed E-state index contributed by atoms with van der Waals surface area (Å²) in [5.74, 6) is 0.179. The van der Waals surface area contributed by atoms with Gasteiger partial charge in [0.25, 0.3) is 0 Å². The highest BCUT2D eigenvalue weighted by molar-refractivity contribution is 6.01. The molecule has 0 bridgehead atoms. The van der Waals surface area contributed by atoms with Gasteiger partial charge in [0.1, 0.15) is 5.52 Å². The number of aromatic amines is 1. The zero-order valence-electron chi connectivity index (χ0n) is 9.60. The third-order valence-corrected chi connectivity index (χ3v) is 2.82. The van der Waals surface area contributed by atoms with Crippen LogP contribution in [0, 0.1) is 6.92 Å². The van der Waals surface area contributed by atoms with Crippen LogP contribution in [0.15, 0.2) is 34.9 Å². The van der Waals surface area contributed by atoms with Crippen LogP contribution in [-0.4, -0.2) is 21.0 Å². The molecule has 5 heteroatoms. The number of fused-ring (bicyclic) bond motifs is 1. The molecule has 0 atom stereocenters. The lowest BCUT2D eigenvalue weighted by Gasteiger charge is -1.93. The van der Waals surface area contributed by atoms with Gasteiger partial charge in [-0.1, -0.05) is 6.07 Å². The fourth-order valence-corrected chi connectivity index (χ4v) is 1.93. The Morgan fingerprint density at radius 2 is 2.22 bits per heavy atom. The highest BCUT2D eigenvalue weighted by Gasteiger charge is 2.15. The number of carboxylic acids is 1. The molecule has 2 aromatic heterocycles. The number of nitrogens with zero attached hydrogens (tertiary/aromatic N) is 1. The van der Waals surface area contributed by atoms with E-state index in [1.807, 2.05) is 13.0 Å². The highest BCUT2D eigenvalue weighted by atomic mass is 16.4. The van der Waals surface area contributed by atoms with Gasteiger partial charge in [-0.25, -0.2) is 9.78 Å². The fourth-order valence-electron chi connectivity index (χ4n) is 1.93. The lowest BCUT2D eigenvalue weighted by Crippen LogP contribution is -1.96. The summed E-state index contributed by atoms with van der Waals surface area (Å²) in [7, 11) is 0. The van der Waals surface area contributed by atoms with Gasteiger partial charge >= 0.3 is 5.97 Å². The van der Waals surface area contributed by atoms with E-state index in [-0.39, 0.29) is 5.56 Å². The van der Waals surface area contributed by atoms with E-state index in [2.05, 4.69) is 9.97 Å². The van der Waals surface area contributed by atoms with Crippen molar-refractivity contribution in [3.05, 3.63) is 41.7 Å². The molecule has 2 N–H and O–H groups in total. The second-order valence-electron chi connectivity index (χ2n) is 4.03. The normalized spacial score (nSPS) is 10.9. The lowest BCUT2D eigenvalue weighted by atomic mass is 10.2. The molecule has 90 valence electrons. The van der Waals surface area contributed by atoms with Crippen molar-refractivity contribution < 1.29 is 14.3 Å². The minimum Gasteiger partial charge on any atom is -0.478 e. The van der Waals surface area contributed by atoms with Gasteiger partial charge in [0, 0.05) is 0 Å². The van der Waals surface area contributed by atoms with Gasteiger partial charge in [0.15, 0.2) is 11.6 Å². The van der Waals surface area contributed by atoms with Gasteiger partial charge in [-0.3, -0.25) is 0 Å². The number of aromatic nitrogens is 2. The Morgan fingerprint density at radius 1 is 1.39 bits per heavy atom. The SMILES string of the molecule is Cc1ccoc1-c1nc2c(C(=O)O)cccc2[nH]1. The van der Waals surface area contributed by atoms with Crippen molar-refractivity contribution in [1.82, 2.24) is 9.97 Å². The number of rotatable bonds is 2. The Balaban J connectivity index is 2.26. The molecular formula is C13H10N2O3. The zero-order chi connectivity index (χ0) is 12.7. The summed E-state index contributed by atoms with van der Waals surface area (Å²) < 4.78 is 5.34. The molecule has 0 saturated carbocycles. The molecule has 0 saturated heterocycles. The summed E-state index contributed by atoms with van der Waals surface area (Å²) in [5.41, 5.74) is 2.25. The smallest absolute Gasteiger partial charge is 0.337 e. The Morgan fingerprint density at radius 3 is 2.89 bits per heavy atom. The molecule has 1 aromatic carbocycles. The summed E-state index contributed by atoms with van der Waals surface area (Å²) in [4.78, 5) is 18.5. The van der Waals surface area contributed by atoms with Gasteiger partial charge in [-0.05, 0) is 30.7 Å². The molecule has 0 radical (unpaired) electrons. The maximum Gasteiger partial charge on any atom is 0.337 e. The number of hydrogen-bond acceptors (Lipinski definition) is 3. The van der Waals surface area contributed by atoms with Crippen LogP contribution in [0.2, 0.25) is 0 Å². The summed E-state index contributed by atoms with van der Waals surface area (Å²) in [6.45, 7) is 1.91. The second kappa shape index (κ2) is 3.73. The number of carbonyl (C=O) groups is 1. The molecule has 0 aliphatic carbocycles. The fraction of sp³-hybridized carbons (Fsp3) is 0.0769. The number of H-pyrrole nitrogens is 1. The predicted octanol–water partition coefficient (Wildman–Crippen LogP) is 2.83. The Kier molecular flexibility index (Phi) is 2.19. The number of benzene rings is 1. The van der Waals surface area contributed by atoms with E-state index in [9.17, 15) is 4.79 Å². The van der Waals surface area contributed by atoms with Crippen LogP contribution in [-0.2, 0) is 0 Å². The number of hydrogen-bond donors (Lipinski definition) is 2. The molecule has 18 heavy (non-hydrogen) atoms. The van der Waals surface area contributed by atoms with Gasteiger partial charge in [-0.15, -0.1) is 0 Å². The van der Waals surface area contributed by atoms with Crippen molar-refractivity contribution in [3.63, 3.8) is 0 Å². The van der Waals surface area contributed by atoms with E-state index in [0.717, 1.165) is 5.56 Å². The molecule has 0 spiro atoms. The largest absolute Gasteiger partial charge is 0.478 e. The Labute approximate surface area is 102 Å². The second-order valence-corrected chi connectivity index (χ2v) is 4.03. The quantitative estimate of drug-likeness (QED) is 0.724. The highest BCUT2D eigenvalue weighted by Crippen LogP contribution is 2.25. The molecule has 0 aliphatic rings. The first kappa shape index (κ1) is 10.6. The van der Waals surface area contributed by atoms with Crippen LogP contribution in [0.25, 0.3) is 22.6 Å². The van der Waals surface area contributed by atoms with E-state index >= 15 is 0 Å². The average molecular weight is 242 g/mol. The van der Waals surface area contributed by atoms with Crippen molar-refractivity contribution in [2.75, 3.05) is 0 Å².